The lowest BCUT2D eigenvalue weighted by atomic mass is 9.93. The van der Waals surface area contributed by atoms with Crippen molar-refractivity contribution in [1.29, 1.82) is 10.7 Å². The fourth-order valence-electron chi connectivity index (χ4n) is 3.48. The molecule has 1 aliphatic rings. The average Bonchev–Trinajstić information content (AvgIpc) is 3.16. The number of halogens is 1. The van der Waals surface area contributed by atoms with Gasteiger partial charge in [-0.1, -0.05) is 5.16 Å². The standard InChI is InChI=1S/C21H18FN7O2/c1-10-14-6-12(22)3-4-13(14)20(24)15(28-26-2)7-17-19(16(8-23)29-31-17)11-5-18(30-10)21(25)27-9-11/h3-6,9-10,24,26H,7H2,1-2H3,(H2,25,27). The molecule has 31 heavy (non-hydrogen) atoms. The highest BCUT2D eigenvalue weighted by Crippen LogP contribution is 2.35. The summed E-state index contributed by atoms with van der Waals surface area (Å²) in [5.74, 6) is 0.254. The molecule has 0 amide bonds. The molecule has 1 unspecified atom stereocenters. The largest absolute Gasteiger partial charge is 0.482 e. The van der Waals surface area contributed by atoms with Crippen molar-refractivity contribution in [2.75, 3.05) is 12.8 Å². The van der Waals surface area contributed by atoms with Crippen molar-refractivity contribution in [2.45, 2.75) is 19.4 Å². The van der Waals surface area contributed by atoms with Crippen molar-refractivity contribution < 1.29 is 13.7 Å². The van der Waals surface area contributed by atoms with Gasteiger partial charge in [-0.15, -0.1) is 0 Å². The number of benzene rings is 1. The Bertz CT molecular complexity index is 1260. The Labute approximate surface area is 176 Å². The van der Waals surface area contributed by atoms with Gasteiger partial charge >= 0.3 is 0 Å². The third-order valence-electron chi connectivity index (χ3n) is 4.93. The Kier molecular flexibility index (Phi) is 5.09. The molecule has 1 aliphatic heterocycles. The number of ether oxygens (including phenoxy) is 1. The van der Waals surface area contributed by atoms with Crippen LogP contribution in [0.1, 0.15) is 35.6 Å². The van der Waals surface area contributed by atoms with E-state index in [0.29, 0.717) is 33.7 Å². The van der Waals surface area contributed by atoms with Gasteiger partial charge in [0.2, 0.25) is 0 Å². The molecule has 1 atom stereocenters. The summed E-state index contributed by atoms with van der Waals surface area (Å²) >= 11 is 0. The van der Waals surface area contributed by atoms with Crippen LogP contribution < -0.4 is 15.9 Å². The Hall–Kier alpha value is -4.26. The van der Waals surface area contributed by atoms with Crippen LogP contribution in [0.25, 0.3) is 11.1 Å². The first-order chi connectivity index (χ1) is 14.9. The lowest BCUT2D eigenvalue weighted by Gasteiger charge is -2.21. The molecule has 4 N–H and O–H groups in total. The highest BCUT2D eigenvalue weighted by molar-refractivity contribution is 6.47. The zero-order valence-electron chi connectivity index (χ0n) is 16.7. The van der Waals surface area contributed by atoms with E-state index in [1.165, 1.54) is 24.4 Å². The number of hydrogen-bond acceptors (Lipinski definition) is 9. The molecule has 156 valence electrons. The van der Waals surface area contributed by atoms with Crippen LogP contribution in [0.3, 0.4) is 0 Å². The van der Waals surface area contributed by atoms with Crippen molar-refractivity contribution in [3.63, 3.8) is 0 Å². The van der Waals surface area contributed by atoms with E-state index in [1.807, 2.05) is 6.07 Å². The second kappa shape index (κ2) is 7.87. The molecule has 9 nitrogen and oxygen atoms in total. The second-order valence-electron chi connectivity index (χ2n) is 6.87. The van der Waals surface area contributed by atoms with Gasteiger partial charge in [0, 0.05) is 29.9 Å². The van der Waals surface area contributed by atoms with E-state index in [-0.39, 0.29) is 29.4 Å². The maximum Gasteiger partial charge on any atom is 0.191 e. The van der Waals surface area contributed by atoms with E-state index in [9.17, 15) is 9.65 Å². The van der Waals surface area contributed by atoms with Crippen molar-refractivity contribution in [1.82, 2.24) is 15.6 Å². The summed E-state index contributed by atoms with van der Waals surface area (Å²) in [5, 5.41) is 26.3. The quantitative estimate of drug-likeness (QED) is 0.514. The molecule has 0 fully saturated rings. The third kappa shape index (κ3) is 3.57. The Morgan fingerprint density at radius 3 is 2.94 bits per heavy atom. The number of pyridine rings is 1. The van der Waals surface area contributed by atoms with Crippen LogP contribution in [-0.4, -0.2) is 28.6 Å². The van der Waals surface area contributed by atoms with Crippen LogP contribution in [0.15, 0.2) is 40.1 Å². The fraction of sp³-hybridized carbons (Fsp3) is 0.190. The molecule has 2 bridgehead atoms. The van der Waals surface area contributed by atoms with Crippen LogP contribution in [0, 0.1) is 22.6 Å². The number of aromatic nitrogens is 2. The molecule has 0 radical (unpaired) electrons. The first-order valence-corrected chi connectivity index (χ1v) is 9.36. The van der Waals surface area contributed by atoms with E-state index in [1.54, 1.807) is 20.0 Å². The van der Waals surface area contributed by atoms with Crippen LogP contribution in [-0.2, 0) is 6.42 Å². The minimum Gasteiger partial charge on any atom is -0.482 e. The van der Waals surface area contributed by atoms with Crippen LogP contribution >= 0.6 is 0 Å². The topological polar surface area (TPSA) is 146 Å². The lowest BCUT2D eigenvalue weighted by Crippen LogP contribution is -2.23. The predicted octanol–water partition coefficient (Wildman–Crippen LogP) is 2.97. The molecule has 1 aromatic carbocycles. The summed E-state index contributed by atoms with van der Waals surface area (Å²) in [4.78, 5) is 4.18. The molecular weight excluding hydrogens is 401 g/mol. The molecule has 2 aromatic heterocycles. The van der Waals surface area contributed by atoms with Gasteiger partial charge in [-0.05, 0) is 31.2 Å². The van der Waals surface area contributed by atoms with Gasteiger partial charge < -0.3 is 20.4 Å². The van der Waals surface area contributed by atoms with Gasteiger partial charge in [0.15, 0.2) is 23.0 Å². The maximum atomic E-state index is 14.1. The van der Waals surface area contributed by atoms with E-state index < -0.39 is 11.9 Å². The van der Waals surface area contributed by atoms with Gasteiger partial charge in [-0.25, -0.2) is 9.37 Å². The summed E-state index contributed by atoms with van der Waals surface area (Å²) in [6.45, 7) is 1.73. The predicted molar refractivity (Wildman–Crippen MR) is 111 cm³/mol. The summed E-state index contributed by atoms with van der Waals surface area (Å²) in [6.07, 6.45) is 0.900. The number of anilines is 1. The average molecular weight is 419 g/mol. The van der Waals surface area contributed by atoms with Gasteiger partial charge in [0.1, 0.15) is 18.0 Å². The van der Waals surface area contributed by atoms with Crippen molar-refractivity contribution >= 4 is 17.2 Å². The summed E-state index contributed by atoms with van der Waals surface area (Å²) in [7, 11) is 1.60. The van der Waals surface area contributed by atoms with Gasteiger partial charge in [0.25, 0.3) is 0 Å². The number of nitrogens with one attached hydrogen (secondary N) is 2. The zero-order valence-corrected chi connectivity index (χ0v) is 16.7. The maximum absolute atomic E-state index is 14.1. The monoisotopic (exact) mass is 419 g/mol. The SMILES string of the molecule is CNN=C1Cc2onc(C#N)c2-c2cnc(N)c(c2)OC(C)c2cc(F)ccc2C1=N. The molecule has 0 saturated heterocycles. The van der Waals surface area contributed by atoms with Gasteiger partial charge in [0.05, 0.1) is 23.4 Å². The van der Waals surface area contributed by atoms with E-state index in [0.717, 1.165) is 0 Å². The summed E-state index contributed by atoms with van der Waals surface area (Å²) < 4.78 is 25.5. The smallest absolute Gasteiger partial charge is 0.191 e. The molecule has 0 saturated carbocycles. The summed E-state index contributed by atoms with van der Waals surface area (Å²) in [5.41, 5.74) is 10.9. The molecule has 3 heterocycles. The molecule has 0 aliphatic carbocycles. The Morgan fingerprint density at radius 2 is 2.19 bits per heavy atom. The van der Waals surface area contributed by atoms with Crippen LogP contribution in [0.2, 0.25) is 0 Å². The van der Waals surface area contributed by atoms with Gasteiger partial charge in [-0.2, -0.15) is 10.4 Å². The highest BCUT2D eigenvalue weighted by atomic mass is 19.1. The molecule has 10 heteroatoms. The number of nitrogens with zero attached hydrogens (tertiary/aromatic N) is 4. The van der Waals surface area contributed by atoms with E-state index in [2.05, 4.69) is 20.7 Å². The minimum absolute atomic E-state index is 0.0518. The number of rotatable bonds is 1. The van der Waals surface area contributed by atoms with Crippen molar-refractivity contribution in [3.05, 3.63) is 58.9 Å². The van der Waals surface area contributed by atoms with Crippen LogP contribution in [0.5, 0.6) is 5.75 Å². The second-order valence-corrected chi connectivity index (χ2v) is 6.87. The molecule has 0 spiro atoms. The number of hydrogen-bond donors (Lipinski definition) is 3. The van der Waals surface area contributed by atoms with Crippen molar-refractivity contribution in [2.24, 2.45) is 5.10 Å². The zero-order chi connectivity index (χ0) is 22.1. The van der Waals surface area contributed by atoms with Gasteiger partial charge in [-0.3, -0.25) is 5.41 Å². The number of fused-ring (bicyclic) bond motifs is 5. The minimum atomic E-state index is -0.655. The first kappa shape index (κ1) is 20.0. The molecule has 4 rings (SSSR count). The van der Waals surface area contributed by atoms with E-state index >= 15 is 0 Å². The normalized spacial score (nSPS) is 16.9. The number of nitrogen functional groups attached to an aromatic ring is 1. The summed E-state index contributed by atoms with van der Waals surface area (Å²) in [6, 6.07) is 7.73. The molecule has 3 aromatic rings. The number of nitriles is 1. The number of nitrogens with two attached hydrogens (primary N) is 1. The van der Waals surface area contributed by atoms with Crippen LogP contribution in [0.4, 0.5) is 10.2 Å². The molecular formula is C21H18FN7O2. The Balaban J connectivity index is 2.00. The fourth-order valence-corrected chi connectivity index (χ4v) is 3.48. The Morgan fingerprint density at radius 1 is 1.39 bits per heavy atom. The number of hydrazone groups is 1. The van der Waals surface area contributed by atoms with Crippen molar-refractivity contribution in [3.8, 4) is 22.9 Å². The third-order valence-corrected chi connectivity index (χ3v) is 4.93. The van der Waals surface area contributed by atoms with E-state index in [4.69, 9.17) is 20.4 Å². The lowest BCUT2D eigenvalue weighted by molar-refractivity contribution is 0.227. The highest BCUT2D eigenvalue weighted by Gasteiger charge is 2.26. The first-order valence-electron chi connectivity index (χ1n) is 9.36.